The molecular weight excluding hydrogens is 284 g/mol. The Labute approximate surface area is 115 Å². The predicted molar refractivity (Wildman–Crippen MR) is 68.9 cm³/mol. The van der Waals surface area contributed by atoms with Crippen LogP contribution in [0.5, 0.6) is 0 Å². The predicted octanol–water partition coefficient (Wildman–Crippen LogP) is -1.18. The molecule has 2 heterocycles. The highest BCUT2D eigenvalue weighted by Crippen LogP contribution is 2.15. The molecule has 0 saturated heterocycles. The molecule has 0 radical (unpaired) electrons. The molecule has 0 atom stereocenters. The molecule has 0 unspecified atom stereocenters. The van der Waals surface area contributed by atoms with Crippen LogP contribution < -0.4 is 10.0 Å². The number of hydrogen-bond acceptors (Lipinski definition) is 7. The standard InChI is InChI=1S/C9H16N8O2S/c1-3-10-4-7-6(2)12-15-9(7)20(18,19)11-5-8-13-16-17-14-8/h10-11H,3-5H2,1-2H3,(H,12,15)(H,13,14,16,17). The minimum Gasteiger partial charge on any atom is -0.313 e. The molecule has 0 saturated carbocycles. The van der Waals surface area contributed by atoms with E-state index < -0.39 is 10.0 Å². The summed E-state index contributed by atoms with van der Waals surface area (Å²) in [6.07, 6.45) is 0. The Morgan fingerprint density at radius 3 is 2.70 bits per heavy atom. The van der Waals surface area contributed by atoms with Crippen molar-refractivity contribution >= 4 is 10.0 Å². The van der Waals surface area contributed by atoms with Crippen LogP contribution in [0.1, 0.15) is 24.0 Å². The topological polar surface area (TPSA) is 141 Å². The molecule has 0 aromatic carbocycles. The van der Waals surface area contributed by atoms with E-state index in [1.165, 1.54) is 0 Å². The fourth-order valence-electron chi connectivity index (χ4n) is 1.60. The third-order valence-electron chi connectivity index (χ3n) is 2.65. The van der Waals surface area contributed by atoms with Crippen LogP contribution in [0.3, 0.4) is 0 Å². The van der Waals surface area contributed by atoms with Gasteiger partial charge in [-0.25, -0.2) is 13.1 Å². The van der Waals surface area contributed by atoms with E-state index in [4.69, 9.17) is 0 Å². The van der Waals surface area contributed by atoms with Crippen molar-refractivity contribution in [3.8, 4) is 0 Å². The summed E-state index contributed by atoms with van der Waals surface area (Å²) in [6.45, 7) is 4.83. The summed E-state index contributed by atoms with van der Waals surface area (Å²) >= 11 is 0. The maximum Gasteiger partial charge on any atom is 0.260 e. The van der Waals surface area contributed by atoms with E-state index in [-0.39, 0.29) is 17.4 Å². The molecule has 0 aliphatic carbocycles. The summed E-state index contributed by atoms with van der Waals surface area (Å²) in [4.78, 5) is 0. The number of hydrogen-bond donors (Lipinski definition) is 4. The molecule has 2 rings (SSSR count). The molecule has 0 amide bonds. The summed E-state index contributed by atoms with van der Waals surface area (Å²) in [5.41, 5.74) is 1.33. The van der Waals surface area contributed by atoms with E-state index in [0.29, 0.717) is 17.8 Å². The molecule has 0 bridgehead atoms. The highest BCUT2D eigenvalue weighted by Gasteiger charge is 2.23. The average Bonchev–Trinajstić information content (AvgIpc) is 3.04. The van der Waals surface area contributed by atoms with Crippen molar-refractivity contribution < 1.29 is 8.42 Å². The Bertz CT molecular complexity index is 648. The van der Waals surface area contributed by atoms with Gasteiger partial charge in [-0.05, 0) is 13.5 Å². The van der Waals surface area contributed by atoms with Crippen molar-refractivity contribution in [3.05, 3.63) is 17.1 Å². The maximum atomic E-state index is 12.2. The highest BCUT2D eigenvalue weighted by atomic mass is 32.2. The van der Waals surface area contributed by atoms with Gasteiger partial charge in [0.2, 0.25) is 0 Å². The zero-order valence-corrected chi connectivity index (χ0v) is 12.0. The normalized spacial score (nSPS) is 11.9. The minimum atomic E-state index is -3.73. The monoisotopic (exact) mass is 300 g/mol. The smallest absolute Gasteiger partial charge is 0.260 e. The van der Waals surface area contributed by atoms with E-state index in [2.05, 4.69) is 40.9 Å². The van der Waals surface area contributed by atoms with Gasteiger partial charge in [-0.2, -0.15) is 10.3 Å². The molecule has 20 heavy (non-hydrogen) atoms. The Hall–Kier alpha value is -1.85. The maximum absolute atomic E-state index is 12.2. The number of aromatic nitrogens is 6. The van der Waals surface area contributed by atoms with E-state index in [1.54, 1.807) is 6.92 Å². The number of nitrogens with zero attached hydrogens (tertiary/aromatic N) is 4. The summed E-state index contributed by atoms with van der Waals surface area (Å²) in [7, 11) is -3.73. The summed E-state index contributed by atoms with van der Waals surface area (Å²) in [5, 5.41) is 22.6. The second-order valence-corrected chi connectivity index (χ2v) is 5.75. The van der Waals surface area contributed by atoms with Crippen LogP contribution in [0.4, 0.5) is 0 Å². The first-order valence-corrected chi connectivity index (χ1v) is 7.49. The number of aromatic amines is 2. The number of tetrazole rings is 1. The first-order chi connectivity index (χ1) is 9.54. The molecular formula is C9H16N8O2S. The molecule has 0 fully saturated rings. The van der Waals surface area contributed by atoms with Crippen molar-refractivity contribution in [2.24, 2.45) is 0 Å². The van der Waals surface area contributed by atoms with Gasteiger partial charge in [0.15, 0.2) is 10.9 Å². The van der Waals surface area contributed by atoms with Gasteiger partial charge in [-0.15, -0.1) is 10.2 Å². The van der Waals surface area contributed by atoms with Crippen LogP contribution in [0, 0.1) is 6.92 Å². The zero-order chi connectivity index (χ0) is 14.6. The number of nitrogens with one attached hydrogen (secondary N) is 4. The lowest BCUT2D eigenvalue weighted by molar-refractivity contribution is 0.572. The van der Waals surface area contributed by atoms with Gasteiger partial charge < -0.3 is 5.32 Å². The number of aryl methyl sites for hydroxylation is 1. The quantitative estimate of drug-likeness (QED) is 0.504. The van der Waals surface area contributed by atoms with Crippen molar-refractivity contribution in [1.82, 2.24) is 40.9 Å². The SMILES string of the molecule is CCNCc1c(S(=O)(=O)NCc2nn[nH]n2)n[nH]c1C. The van der Waals surface area contributed by atoms with E-state index >= 15 is 0 Å². The van der Waals surface area contributed by atoms with Gasteiger partial charge in [0, 0.05) is 17.8 Å². The number of rotatable bonds is 7. The Balaban J connectivity index is 2.16. The lowest BCUT2D eigenvalue weighted by atomic mass is 10.2. The lowest BCUT2D eigenvalue weighted by Gasteiger charge is -2.06. The minimum absolute atomic E-state index is 0.0144. The van der Waals surface area contributed by atoms with E-state index in [9.17, 15) is 8.42 Å². The molecule has 0 spiro atoms. The molecule has 0 aliphatic rings. The molecule has 4 N–H and O–H groups in total. The van der Waals surface area contributed by atoms with Gasteiger partial charge in [0.25, 0.3) is 10.0 Å². The van der Waals surface area contributed by atoms with Crippen molar-refractivity contribution in [2.75, 3.05) is 6.54 Å². The van der Waals surface area contributed by atoms with Gasteiger partial charge >= 0.3 is 0 Å². The van der Waals surface area contributed by atoms with Crippen molar-refractivity contribution in [2.45, 2.75) is 32.0 Å². The first-order valence-electron chi connectivity index (χ1n) is 6.01. The van der Waals surface area contributed by atoms with E-state index in [0.717, 1.165) is 6.54 Å². The van der Waals surface area contributed by atoms with Gasteiger partial charge in [0.1, 0.15) is 0 Å². The highest BCUT2D eigenvalue weighted by molar-refractivity contribution is 7.89. The van der Waals surface area contributed by atoms with Gasteiger partial charge in [0.05, 0.1) is 6.54 Å². The third-order valence-corrected chi connectivity index (χ3v) is 4.02. The van der Waals surface area contributed by atoms with Crippen molar-refractivity contribution in [1.29, 1.82) is 0 Å². The van der Waals surface area contributed by atoms with Crippen LogP contribution in [0.2, 0.25) is 0 Å². The molecule has 110 valence electrons. The second kappa shape index (κ2) is 6.07. The van der Waals surface area contributed by atoms with Crippen LogP contribution >= 0.6 is 0 Å². The lowest BCUT2D eigenvalue weighted by Crippen LogP contribution is -2.26. The first kappa shape index (κ1) is 14.6. The average molecular weight is 300 g/mol. The van der Waals surface area contributed by atoms with Gasteiger partial charge in [-0.3, -0.25) is 5.10 Å². The summed E-state index contributed by atoms with van der Waals surface area (Å²) < 4.78 is 26.8. The Morgan fingerprint density at radius 1 is 1.25 bits per heavy atom. The largest absolute Gasteiger partial charge is 0.313 e. The van der Waals surface area contributed by atoms with E-state index in [1.807, 2.05) is 6.92 Å². The van der Waals surface area contributed by atoms with Crippen LogP contribution in [-0.4, -0.2) is 45.8 Å². The Morgan fingerprint density at radius 2 is 2.05 bits per heavy atom. The Kier molecular flexibility index (Phi) is 4.42. The van der Waals surface area contributed by atoms with Gasteiger partial charge in [-0.1, -0.05) is 12.1 Å². The molecule has 2 aromatic rings. The summed E-state index contributed by atoms with van der Waals surface area (Å²) in [6, 6.07) is 0. The van der Waals surface area contributed by atoms with Crippen molar-refractivity contribution in [3.63, 3.8) is 0 Å². The molecule has 0 aliphatic heterocycles. The fourth-order valence-corrected chi connectivity index (χ4v) is 2.77. The molecule has 2 aromatic heterocycles. The molecule has 10 nitrogen and oxygen atoms in total. The summed E-state index contributed by atoms with van der Waals surface area (Å²) in [5.74, 6) is 0.258. The second-order valence-electron chi connectivity index (χ2n) is 4.07. The van der Waals surface area contributed by atoms with Crippen LogP contribution in [0.15, 0.2) is 5.03 Å². The zero-order valence-electron chi connectivity index (χ0n) is 11.1. The number of sulfonamides is 1. The fraction of sp³-hybridized carbons (Fsp3) is 0.556. The number of H-pyrrole nitrogens is 2. The third kappa shape index (κ3) is 3.18. The van der Waals surface area contributed by atoms with Crippen LogP contribution in [0.25, 0.3) is 0 Å². The molecule has 11 heteroatoms. The van der Waals surface area contributed by atoms with Crippen LogP contribution in [-0.2, 0) is 23.1 Å².